The van der Waals surface area contributed by atoms with Gasteiger partial charge in [0, 0.05) is 27.5 Å². The third-order valence-electron chi connectivity index (χ3n) is 4.29. The molecule has 4 aromatic rings. The number of nitrogens with one attached hydrogen (secondary N) is 1. The largest absolute Gasteiger partial charge is 0.337 e. The van der Waals surface area contributed by atoms with E-state index < -0.39 is 0 Å². The van der Waals surface area contributed by atoms with Crippen LogP contribution in [0.25, 0.3) is 33.9 Å². The van der Waals surface area contributed by atoms with Gasteiger partial charge in [-0.15, -0.1) is 0 Å². The van der Waals surface area contributed by atoms with Gasteiger partial charge in [0.1, 0.15) is 5.82 Å². The predicted octanol–water partition coefficient (Wildman–Crippen LogP) is 6.49. The van der Waals surface area contributed by atoms with E-state index in [4.69, 9.17) is 16.6 Å². The van der Waals surface area contributed by atoms with Crippen molar-refractivity contribution in [1.29, 1.82) is 0 Å². The van der Waals surface area contributed by atoms with Crippen molar-refractivity contribution >= 4 is 24.2 Å². The minimum atomic E-state index is 0.715. The highest BCUT2D eigenvalue weighted by molar-refractivity contribution is 7.79. The van der Waals surface area contributed by atoms with Gasteiger partial charge in [-0.05, 0) is 17.7 Å². The molecule has 0 aliphatic heterocycles. The zero-order valence-electron chi connectivity index (χ0n) is 14.0. The summed E-state index contributed by atoms with van der Waals surface area (Å²) in [7, 11) is 0. The maximum Gasteiger partial charge on any atom is 0.138 e. The van der Waals surface area contributed by atoms with Crippen LogP contribution in [0.3, 0.4) is 0 Å². The summed E-state index contributed by atoms with van der Waals surface area (Å²) in [4.78, 5) is 8.39. The Kier molecular flexibility index (Phi) is 4.83. The van der Waals surface area contributed by atoms with Crippen LogP contribution in [0.15, 0.2) is 78.9 Å². The highest BCUT2D eigenvalue weighted by atomic mass is 35.5. The quantitative estimate of drug-likeness (QED) is 0.391. The molecule has 0 saturated heterocycles. The zero-order valence-corrected chi connectivity index (χ0v) is 15.6. The second-order valence-corrected chi connectivity index (χ2v) is 6.79. The van der Waals surface area contributed by atoms with Crippen LogP contribution in [-0.4, -0.2) is 9.97 Å². The van der Waals surface area contributed by atoms with Gasteiger partial charge in [-0.2, -0.15) is 12.6 Å². The van der Waals surface area contributed by atoms with Crippen LogP contribution in [0.1, 0.15) is 5.56 Å². The molecule has 0 aliphatic rings. The molecule has 0 atom stereocenters. The van der Waals surface area contributed by atoms with E-state index in [-0.39, 0.29) is 0 Å². The molecule has 3 aromatic carbocycles. The van der Waals surface area contributed by atoms with Gasteiger partial charge in [0.15, 0.2) is 0 Å². The van der Waals surface area contributed by atoms with E-state index in [2.05, 4.69) is 54.0 Å². The molecule has 0 aliphatic carbocycles. The summed E-state index contributed by atoms with van der Waals surface area (Å²) in [6.45, 7) is 0. The fourth-order valence-electron chi connectivity index (χ4n) is 2.91. The van der Waals surface area contributed by atoms with Crippen molar-refractivity contribution < 1.29 is 0 Å². The van der Waals surface area contributed by atoms with Crippen LogP contribution in [0.2, 0.25) is 5.02 Å². The topological polar surface area (TPSA) is 28.7 Å². The number of benzene rings is 3. The first-order valence-corrected chi connectivity index (χ1v) is 9.37. The number of nitrogens with zero attached hydrogens (tertiary/aromatic N) is 1. The standard InChI is InChI=1S/C22H17ClN2S/c23-19-12-10-17(11-13-19)21-20(16-8-6-15(14-26)7-9-16)24-22(25-21)18-4-2-1-3-5-18/h1-13,26H,14H2,(H,24,25). The minimum Gasteiger partial charge on any atom is -0.337 e. The Morgan fingerprint density at radius 1 is 0.769 bits per heavy atom. The highest BCUT2D eigenvalue weighted by Gasteiger charge is 2.15. The van der Waals surface area contributed by atoms with Crippen molar-refractivity contribution in [2.75, 3.05) is 0 Å². The molecule has 0 bridgehead atoms. The lowest BCUT2D eigenvalue weighted by atomic mass is 10.0. The summed E-state index contributed by atoms with van der Waals surface area (Å²) in [6.07, 6.45) is 0. The first-order chi connectivity index (χ1) is 12.7. The Bertz CT molecular complexity index is 1010. The Labute approximate surface area is 163 Å². The molecule has 4 rings (SSSR count). The summed E-state index contributed by atoms with van der Waals surface area (Å²) in [5.74, 6) is 1.58. The van der Waals surface area contributed by atoms with E-state index in [0.29, 0.717) is 5.02 Å². The summed E-state index contributed by atoms with van der Waals surface area (Å²) in [5, 5.41) is 0.715. The SMILES string of the molecule is SCc1ccc(-c2[nH]c(-c3ccccc3)nc2-c2ccc(Cl)cc2)cc1. The number of hydrogen-bond donors (Lipinski definition) is 2. The normalized spacial score (nSPS) is 10.8. The lowest BCUT2D eigenvalue weighted by Gasteiger charge is -2.04. The van der Waals surface area contributed by atoms with Crippen molar-refractivity contribution in [3.63, 3.8) is 0 Å². The second-order valence-electron chi connectivity index (χ2n) is 6.04. The van der Waals surface area contributed by atoms with Gasteiger partial charge in [0.05, 0.1) is 11.4 Å². The number of hydrogen-bond acceptors (Lipinski definition) is 2. The van der Waals surface area contributed by atoms with E-state index in [9.17, 15) is 0 Å². The lowest BCUT2D eigenvalue weighted by molar-refractivity contribution is 1.31. The van der Waals surface area contributed by atoms with Crippen LogP contribution in [0, 0.1) is 0 Å². The Hall–Kier alpha value is -2.49. The fraction of sp³-hybridized carbons (Fsp3) is 0.0455. The average molecular weight is 377 g/mol. The van der Waals surface area contributed by atoms with Gasteiger partial charge >= 0.3 is 0 Å². The second kappa shape index (κ2) is 7.40. The van der Waals surface area contributed by atoms with Gasteiger partial charge < -0.3 is 4.98 Å². The number of aromatic amines is 1. The fourth-order valence-corrected chi connectivity index (χ4v) is 3.25. The Morgan fingerprint density at radius 3 is 2.08 bits per heavy atom. The smallest absolute Gasteiger partial charge is 0.138 e. The molecular formula is C22H17ClN2S. The molecular weight excluding hydrogens is 360 g/mol. The summed E-state index contributed by atoms with van der Waals surface area (Å²) < 4.78 is 0. The van der Waals surface area contributed by atoms with Gasteiger partial charge in [-0.1, -0.05) is 78.3 Å². The van der Waals surface area contributed by atoms with Gasteiger partial charge in [-0.25, -0.2) is 4.98 Å². The van der Waals surface area contributed by atoms with Crippen LogP contribution in [0.4, 0.5) is 0 Å². The first-order valence-electron chi connectivity index (χ1n) is 8.36. The Balaban J connectivity index is 1.87. The first kappa shape index (κ1) is 17.0. The van der Waals surface area contributed by atoms with E-state index in [1.54, 1.807) is 0 Å². The molecule has 0 spiro atoms. The molecule has 26 heavy (non-hydrogen) atoms. The van der Waals surface area contributed by atoms with Crippen molar-refractivity contribution in [1.82, 2.24) is 9.97 Å². The molecule has 0 fully saturated rings. The monoisotopic (exact) mass is 376 g/mol. The number of thiol groups is 1. The zero-order chi connectivity index (χ0) is 17.9. The van der Waals surface area contributed by atoms with Crippen LogP contribution in [0.5, 0.6) is 0 Å². The molecule has 0 radical (unpaired) electrons. The van der Waals surface area contributed by atoms with Crippen molar-refractivity contribution in [3.8, 4) is 33.9 Å². The van der Waals surface area contributed by atoms with Crippen LogP contribution >= 0.6 is 24.2 Å². The molecule has 128 valence electrons. The van der Waals surface area contributed by atoms with Gasteiger partial charge in [0.25, 0.3) is 0 Å². The molecule has 1 heterocycles. The summed E-state index contributed by atoms with van der Waals surface area (Å²) >= 11 is 10.4. The predicted molar refractivity (Wildman–Crippen MR) is 113 cm³/mol. The summed E-state index contributed by atoms with van der Waals surface area (Å²) in [5.41, 5.74) is 6.28. The van der Waals surface area contributed by atoms with E-state index in [0.717, 1.165) is 39.7 Å². The lowest BCUT2D eigenvalue weighted by Crippen LogP contribution is -1.85. The third-order valence-corrected chi connectivity index (χ3v) is 4.91. The minimum absolute atomic E-state index is 0.715. The molecule has 0 amide bonds. The molecule has 0 unspecified atom stereocenters. The van der Waals surface area contributed by atoms with Crippen LogP contribution in [-0.2, 0) is 5.75 Å². The van der Waals surface area contributed by atoms with Gasteiger partial charge in [0.2, 0.25) is 0 Å². The van der Waals surface area contributed by atoms with Gasteiger partial charge in [-0.3, -0.25) is 0 Å². The highest BCUT2D eigenvalue weighted by Crippen LogP contribution is 2.33. The molecule has 2 nitrogen and oxygen atoms in total. The number of imidazole rings is 1. The maximum atomic E-state index is 6.05. The summed E-state index contributed by atoms with van der Waals surface area (Å²) in [6, 6.07) is 26.3. The van der Waals surface area contributed by atoms with Crippen LogP contribution < -0.4 is 0 Å². The average Bonchev–Trinajstić information content (AvgIpc) is 3.15. The molecule has 4 heteroatoms. The molecule has 0 saturated carbocycles. The van der Waals surface area contributed by atoms with Crippen molar-refractivity contribution in [2.24, 2.45) is 0 Å². The Morgan fingerprint density at radius 2 is 1.42 bits per heavy atom. The number of H-pyrrole nitrogens is 1. The van der Waals surface area contributed by atoms with Crippen molar-refractivity contribution in [2.45, 2.75) is 5.75 Å². The number of rotatable bonds is 4. The maximum absolute atomic E-state index is 6.05. The van der Waals surface area contributed by atoms with E-state index >= 15 is 0 Å². The van der Waals surface area contributed by atoms with E-state index in [1.165, 1.54) is 5.56 Å². The number of aromatic nitrogens is 2. The van der Waals surface area contributed by atoms with Crippen molar-refractivity contribution in [3.05, 3.63) is 89.4 Å². The molecule has 1 aromatic heterocycles. The molecule has 1 N–H and O–H groups in total. The van der Waals surface area contributed by atoms with E-state index in [1.807, 2.05) is 42.5 Å². The third kappa shape index (κ3) is 3.41. The number of halogens is 1.